The third-order valence-corrected chi connectivity index (χ3v) is 3.76. The van der Waals surface area contributed by atoms with Gasteiger partial charge >= 0.3 is 0 Å². The first-order valence-corrected chi connectivity index (χ1v) is 7.13. The quantitative estimate of drug-likeness (QED) is 0.855. The Labute approximate surface area is 122 Å². The SMILES string of the molecule is CCn1nc(C)c2nc(CCl)n(CC(C)(C)C(N)=O)c21. The van der Waals surface area contributed by atoms with E-state index < -0.39 is 5.41 Å². The molecule has 0 fully saturated rings. The van der Waals surface area contributed by atoms with E-state index >= 15 is 0 Å². The fraction of sp³-hybridized carbons (Fsp3) is 0.615. The molecule has 2 N–H and O–H groups in total. The number of hydrogen-bond acceptors (Lipinski definition) is 3. The van der Waals surface area contributed by atoms with Gasteiger partial charge in [-0.2, -0.15) is 5.10 Å². The summed E-state index contributed by atoms with van der Waals surface area (Å²) in [7, 11) is 0. The summed E-state index contributed by atoms with van der Waals surface area (Å²) >= 11 is 5.99. The summed E-state index contributed by atoms with van der Waals surface area (Å²) in [6, 6.07) is 0. The fourth-order valence-corrected chi connectivity index (χ4v) is 2.44. The second-order valence-corrected chi connectivity index (χ2v) is 5.84. The van der Waals surface area contributed by atoms with E-state index in [4.69, 9.17) is 17.3 Å². The van der Waals surface area contributed by atoms with Crippen molar-refractivity contribution in [3.05, 3.63) is 11.5 Å². The molecule has 0 atom stereocenters. The number of rotatable bonds is 5. The van der Waals surface area contributed by atoms with Crippen molar-refractivity contribution < 1.29 is 4.79 Å². The van der Waals surface area contributed by atoms with Crippen LogP contribution in [-0.2, 0) is 23.8 Å². The predicted molar refractivity (Wildman–Crippen MR) is 78.5 cm³/mol. The number of hydrogen-bond donors (Lipinski definition) is 1. The van der Waals surface area contributed by atoms with Crippen molar-refractivity contribution in [2.45, 2.75) is 46.7 Å². The zero-order valence-electron chi connectivity index (χ0n) is 12.3. The van der Waals surface area contributed by atoms with Crippen LogP contribution in [0.15, 0.2) is 0 Å². The van der Waals surface area contributed by atoms with Crippen LogP contribution >= 0.6 is 11.6 Å². The molecule has 0 aliphatic carbocycles. The Hall–Kier alpha value is -1.56. The summed E-state index contributed by atoms with van der Waals surface area (Å²) in [6.45, 7) is 8.74. The minimum Gasteiger partial charge on any atom is -0.369 e. The van der Waals surface area contributed by atoms with E-state index in [2.05, 4.69) is 10.1 Å². The van der Waals surface area contributed by atoms with Gasteiger partial charge in [0.05, 0.1) is 17.0 Å². The van der Waals surface area contributed by atoms with Crippen LogP contribution in [0.25, 0.3) is 11.2 Å². The number of carbonyl (C=O) groups is 1. The lowest BCUT2D eigenvalue weighted by atomic mass is 9.92. The zero-order chi connectivity index (χ0) is 15.1. The van der Waals surface area contributed by atoms with Crippen molar-refractivity contribution in [3.8, 4) is 0 Å². The molecule has 7 heteroatoms. The Bertz CT molecular complexity index is 655. The van der Waals surface area contributed by atoms with Gasteiger partial charge in [-0.1, -0.05) is 0 Å². The van der Waals surface area contributed by atoms with Gasteiger partial charge in [0.1, 0.15) is 11.3 Å². The van der Waals surface area contributed by atoms with Crippen LogP contribution in [-0.4, -0.2) is 25.2 Å². The summed E-state index contributed by atoms with van der Waals surface area (Å²) in [4.78, 5) is 16.1. The van der Waals surface area contributed by atoms with E-state index in [9.17, 15) is 4.79 Å². The molecule has 0 aliphatic rings. The third-order valence-electron chi connectivity index (χ3n) is 3.52. The van der Waals surface area contributed by atoms with Crippen LogP contribution in [0.1, 0.15) is 32.3 Å². The number of aromatic nitrogens is 4. The molecule has 2 heterocycles. The highest BCUT2D eigenvalue weighted by Crippen LogP contribution is 2.26. The smallest absolute Gasteiger partial charge is 0.224 e. The Morgan fingerprint density at radius 3 is 2.60 bits per heavy atom. The first-order chi connectivity index (χ1) is 9.31. The monoisotopic (exact) mass is 297 g/mol. The summed E-state index contributed by atoms with van der Waals surface area (Å²) < 4.78 is 3.83. The van der Waals surface area contributed by atoms with Gasteiger partial charge in [-0.05, 0) is 27.7 Å². The minimum atomic E-state index is -0.675. The number of alkyl halides is 1. The minimum absolute atomic E-state index is 0.284. The van der Waals surface area contributed by atoms with Crippen LogP contribution in [0.2, 0.25) is 0 Å². The van der Waals surface area contributed by atoms with Gasteiger partial charge in [-0.15, -0.1) is 11.6 Å². The van der Waals surface area contributed by atoms with E-state index in [1.807, 2.05) is 36.9 Å². The highest BCUT2D eigenvalue weighted by molar-refractivity contribution is 6.16. The van der Waals surface area contributed by atoms with Crippen molar-refractivity contribution in [3.63, 3.8) is 0 Å². The van der Waals surface area contributed by atoms with Crippen LogP contribution in [0, 0.1) is 12.3 Å². The van der Waals surface area contributed by atoms with Crippen molar-refractivity contribution in [2.75, 3.05) is 0 Å². The third kappa shape index (κ3) is 2.28. The number of fused-ring (bicyclic) bond motifs is 1. The number of carbonyl (C=O) groups excluding carboxylic acids is 1. The molecule has 110 valence electrons. The molecule has 2 aromatic heterocycles. The Morgan fingerprint density at radius 2 is 2.10 bits per heavy atom. The number of amides is 1. The number of halogens is 1. The topological polar surface area (TPSA) is 78.7 Å². The molecule has 0 unspecified atom stereocenters. The first-order valence-electron chi connectivity index (χ1n) is 6.60. The maximum atomic E-state index is 11.6. The average molecular weight is 298 g/mol. The Balaban J connectivity index is 2.63. The van der Waals surface area contributed by atoms with Crippen molar-refractivity contribution in [1.29, 1.82) is 0 Å². The molecule has 1 amide bonds. The summed E-state index contributed by atoms with van der Waals surface area (Å²) in [5.41, 5.74) is 7.39. The van der Waals surface area contributed by atoms with E-state index in [1.54, 1.807) is 0 Å². The zero-order valence-corrected chi connectivity index (χ0v) is 13.0. The lowest BCUT2D eigenvalue weighted by Crippen LogP contribution is -2.36. The molecule has 0 aromatic carbocycles. The molecule has 0 saturated carbocycles. The number of primary amides is 1. The van der Waals surface area contributed by atoms with E-state index in [0.717, 1.165) is 29.2 Å². The number of imidazole rings is 1. The molecule has 2 rings (SSSR count). The molecule has 2 aromatic rings. The Morgan fingerprint density at radius 1 is 1.45 bits per heavy atom. The molecule has 6 nitrogen and oxygen atoms in total. The molecule has 0 spiro atoms. The maximum absolute atomic E-state index is 11.6. The molecule has 20 heavy (non-hydrogen) atoms. The maximum Gasteiger partial charge on any atom is 0.224 e. The second kappa shape index (κ2) is 5.09. The molecule has 0 radical (unpaired) electrons. The molecule has 0 bridgehead atoms. The van der Waals surface area contributed by atoms with E-state index in [1.165, 1.54) is 0 Å². The first kappa shape index (κ1) is 14.8. The largest absolute Gasteiger partial charge is 0.369 e. The molecule has 0 saturated heterocycles. The average Bonchev–Trinajstić information content (AvgIpc) is 2.88. The normalized spacial score (nSPS) is 12.2. The fourth-order valence-electron chi connectivity index (χ4n) is 2.23. The molecular formula is C13H20ClN5O. The Kier molecular flexibility index (Phi) is 3.77. The summed E-state index contributed by atoms with van der Waals surface area (Å²) in [5.74, 6) is 0.671. The van der Waals surface area contributed by atoms with E-state index in [-0.39, 0.29) is 11.8 Å². The van der Waals surface area contributed by atoms with Gasteiger partial charge in [0.15, 0.2) is 5.65 Å². The van der Waals surface area contributed by atoms with Gasteiger partial charge in [-0.25, -0.2) is 9.67 Å². The molecule has 0 aliphatic heterocycles. The number of nitrogens with zero attached hydrogens (tertiary/aromatic N) is 4. The van der Waals surface area contributed by atoms with Gasteiger partial charge in [0.2, 0.25) is 5.91 Å². The van der Waals surface area contributed by atoms with Crippen molar-refractivity contribution in [2.24, 2.45) is 11.1 Å². The predicted octanol–water partition coefficient (Wildman–Crippen LogP) is 1.81. The van der Waals surface area contributed by atoms with Gasteiger partial charge < -0.3 is 10.3 Å². The highest BCUT2D eigenvalue weighted by Gasteiger charge is 2.29. The van der Waals surface area contributed by atoms with Crippen molar-refractivity contribution in [1.82, 2.24) is 19.3 Å². The number of aryl methyl sites for hydroxylation is 2. The van der Waals surface area contributed by atoms with Crippen LogP contribution in [0.5, 0.6) is 0 Å². The van der Waals surface area contributed by atoms with Crippen molar-refractivity contribution >= 4 is 28.7 Å². The molecular weight excluding hydrogens is 278 g/mol. The second-order valence-electron chi connectivity index (χ2n) is 5.57. The summed E-state index contributed by atoms with van der Waals surface area (Å²) in [6.07, 6.45) is 0. The van der Waals surface area contributed by atoms with Gasteiger partial charge in [-0.3, -0.25) is 4.79 Å². The summed E-state index contributed by atoms with van der Waals surface area (Å²) in [5, 5.41) is 4.45. The van der Waals surface area contributed by atoms with E-state index in [0.29, 0.717) is 6.54 Å². The lowest BCUT2D eigenvalue weighted by molar-refractivity contribution is -0.126. The number of nitrogens with two attached hydrogens (primary N) is 1. The van der Waals surface area contributed by atoms with Gasteiger partial charge in [0.25, 0.3) is 0 Å². The van der Waals surface area contributed by atoms with Gasteiger partial charge in [0, 0.05) is 13.1 Å². The van der Waals surface area contributed by atoms with Crippen LogP contribution < -0.4 is 5.73 Å². The highest BCUT2D eigenvalue weighted by atomic mass is 35.5. The lowest BCUT2D eigenvalue weighted by Gasteiger charge is -2.22. The van der Waals surface area contributed by atoms with Crippen LogP contribution in [0.3, 0.4) is 0 Å². The van der Waals surface area contributed by atoms with Crippen LogP contribution in [0.4, 0.5) is 0 Å². The standard InChI is InChI=1S/C13H20ClN5O/c1-5-19-11-10(8(2)17-19)16-9(6-14)18(11)7-13(3,4)12(15)20/h5-7H2,1-4H3,(H2,15,20).